The summed E-state index contributed by atoms with van der Waals surface area (Å²) in [5, 5.41) is 9.53. The highest BCUT2D eigenvalue weighted by Gasteiger charge is 2.53. The summed E-state index contributed by atoms with van der Waals surface area (Å²) < 4.78 is 13.2. The van der Waals surface area contributed by atoms with Gasteiger partial charge in [-0.1, -0.05) is 42.5 Å². The summed E-state index contributed by atoms with van der Waals surface area (Å²) in [4.78, 5) is 17.6. The van der Waals surface area contributed by atoms with E-state index < -0.39 is 0 Å². The van der Waals surface area contributed by atoms with Gasteiger partial charge in [0.05, 0.1) is 5.41 Å². The topological polar surface area (TPSA) is 43.8 Å². The fraction of sp³-hybridized carbons (Fsp3) is 0.435. The van der Waals surface area contributed by atoms with Crippen molar-refractivity contribution in [2.45, 2.75) is 37.3 Å². The van der Waals surface area contributed by atoms with Crippen LogP contribution in [-0.4, -0.2) is 53.1 Å². The van der Waals surface area contributed by atoms with Crippen LogP contribution in [0.4, 0.5) is 4.39 Å². The first-order chi connectivity index (χ1) is 13.6. The summed E-state index contributed by atoms with van der Waals surface area (Å²) in [6, 6.07) is 16.8. The van der Waals surface area contributed by atoms with Crippen molar-refractivity contribution in [3.63, 3.8) is 0 Å². The molecule has 0 aromatic heterocycles. The van der Waals surface area contributed by atoms with Crippen LogP contribution in [0.25, 0.3) is 0 Å². The summed E-state index contributed by atoms with van der Waals surface area (Å²) in [5.74, 6) is -0.00945. The van der Waals surface area contributed by atoms with Gasteiger partial charge in [0.15, 0.2) is 0 Å². The third-order valence-corrected chi connectivity index (χ3v) is 6.14. The van der Waals surface area contributed by atoms with Crippen LogP contribution in [0, 0.1) is 5.82 Å². The lowest BCUT2D eigenvalue weighted by molar-refractivity contribution is -0.137. The minimum absolute atomic E-state index is 0.0937. The van der Waals surface area contributed by atoms with Crippen LogP contribution in [0.1, 0.15) is 30.4 Å². The van der Waals surface area contributed by atoms with E-state index in [0.717, 1.165) is 30.5 Å². The summed E-state index contributed by atoms with van der Waals surface area (Å²) in [5.41, 5.74) is 1.82. The second-order valence-electron chi connectivity index (χ2n) is 7.96. The maximum atomic E-state index is 13.3. The fourth-order valence-electron chi connectivity index (χ4n) is 4.34. The van der Waals surface area contributed by atoms with E-state index in [4.69, 9.17) is 0 Å². The number of piperazine rings is 1. The summed E-state index contributed by atoms with van der Waals surface area (Å²) in [7, 11) is 0. The normalized spacial score (nSPS) is 21.5. The van der Waals surface area contributed by atoms with Crippen LogP contribution in [0.5, 0.6) is 0 Å². The van der Waals surface area contributed by atoms with Gasteiger partial charge < -0.3 is 10.0 Å². The molecular formula is C23H27FN2O2. The molecule has 2 aliphatic rings. The zero-order valence-electron chi connectivity index (χ0n) is 16.1. The molecule has 1 aliphatic carbocycles. The molecule has 2 aromatic rings. The number of carbonyl (C=O) groups is 1. The highest BCUT2D eigenvalue weighted by Crippen LogP contribution is 2.49. The van der Waals surface area contributed by atoms with E-state index in [0.29, 0.717) is 26.1 Å². The molecule has 2 aromatic carbocycles. The van der Waals surface area contributed by atoms with Crippen LogP contribution in [0.3, 0.4) is 0 Å². The number of nitrogens with zero attached hydrogens (tertiary/aromatic N) is 2. The highest BCUT2D eigenvalue weighted by molar-refractivity contribution is 5.91. The molecule has 4 rings (SSSR count). The zero-order chi connectivity index (χ0) is 19.6. The number of aliphatic hydroxyl groups is 1. The van der Waals surface area contributed by atoms with Crippen molar-refractivity contribution < 1.29 is 14.3 Å². The molecule has 0 unspecified atom stereocenters. The average Bonchev–Trinajstić information content (AvgIpc) is 3.53. The van der Waals surface area contributed by atoms with Gasteiger partial charge in [0.25, 0.3) is 0 Å². The maximum absolute atomic E-state index is 13.3. The molecule has 0 radical (unpaired) electrons. The highest BCUT2D eigenvalue weighted by atomic mass is 19.1. The Hall–Kier alpha value is -2.24. The third kappa shape index (κ3) is 3.82. The molecule has 1 amide bonds. The predicted molar refractivity (Wildman–Crippen MR) is 106 cm³/mol. The first kappa shape index (κ1) is 19.1. The molecule has 0 spiro atoms. The van der Waals surface area contributed by atoms with E-state index in [2.05, 4.69) is 17.0 Å². The average molecular weight is 382 g/mol. The monoisotopic (exact) mass is 382 g/mol. The number of hydrogen-bond donors (Lipinski definition) is 1. The van der Waals surface area contributed by atoms with Gasteiger partial charge in [0, 0.05) is 38.8 Å². The van der Waals surface area contributed by atoms with E-state index in [1.807, 2.05) is 23.1 Å². The standard InChI is InChI=1S/C23H27FN2O2/c24-20-8-6-18(7-9-20)16-25-13-14-26(17-21(25)10-15-27)22(28)23(11-12-23)19-4-2-1-3-5-19/h1-9,21,27H,10-17H2/t21-/m1/s1. The molecule has 1 heterocycles. The maximum Gasteiger partial charge on any atom is 0.233 e. The van der Waals surface area contributed by atoms with Gasteiger partial charge in [-0.15, -0.1) is 0 Å². The number of aliphatic hydroxyl groups excluding tert-OH is 1. The second kappa shape index (κ2) is 8.02. The molecule has 5 heteroatoms. The second-order valence-corrected chi connectivity index (χ2v) is 7.96. The summed E-state index contributed by atoms with van der Waals surface area (Å²) >= 11 is 0. The van der Waals surface area contributed by atoms with Gasteiger partial charge >= 0.3 is 0 Å². The fourth-order valence-corrected chi connectivity index (χ4v) is 4.34. The molecule has 1 N–H and O–H groups in total. The van der Waals surface area contributed by atoms with Crippen LogP contribution < -0.4 is 0 Å². The summed E-state index contributed by atoms with van der Waals surface area (Å²) in [6.45, 7) is 2.89. The Labute approximate surface area is 165 Å². The first-order valence-electron chi connectivity index (χ1n) is 10.1. The zero-order valence-corrected chi connectivity index (χ0v) is 16.1. The molecule has 1 saturated heterocycles. The van der Waals surface area contributed by atoms with Crippen molar-refractivity contribution in [3.8, 4) is 0 Å². The molecule has 2 fully saturated rings. The summed E-state index contributed by atoms with van der Waals surface area (Å²) in [6.07, 6.45) is 2.45. The SMILES string of the molecule is O=C(N1CCN(Cc2ccc(F)cc2)[C@H](CCO)C1)C1(c2ccccc2)CC1. The van der Waals surface area contributed by atoms with Crippen molar-refractivity contribution >= 4 is 5.91 Å². The number of benzene rings is 2. The lowest BCUT2D eigenvalue weighted by Crippen LogP contribution is -2.56. The Morgan fingerprint density at radius 3 is 2.43 bits per heavy atom. The Bertz CT molecular complexity index is 805. The number of hydrogen-bond acceptors (Lipinski definition) is 3. The van der Waals surface area contributed by atoms with Gasteiger partial charge in [-0.05, 0) is 42.5 Å². The van der Waals surface area contributed by atoms with Gasteiger partial charge in [-0.2, -0.15) is 0 Å². The third-order valence-electron chi connectivity index (χ3n) is 6.14. The van der Waals surface area contributed by atoms with E-state index in [1.165, 1.54) is 12.1 Å². The quantitative estimate of drug-likeness (QED) is 0.835. The van der Waals surface area contributed by atoms with Crippen LogP contribution >= 0.6 is 0 Å². The van der Waals surface area contributed by atoms with Crippen molar-refractivity contribution in [2.24, 2.45) is 0 Å². The van der Waals surface area contributed by atoms with Crippen molar-refractivity contribution in [1.29, 1.82) is 0 Å². The smallest absolute Gasteiger partial charge is 0.233 e. The minimum Gasteiger partial charge on any atom is -0.396 e. The Morgan fingerprint density at radius 2 is 1.79 bits per heavy atom. The van der Waals surface area contributed by atoms with Crippen molar-refractivity contribution in [2.75, 3.05) is 26.2 Å². The Kier molecular flexibility index (Phi) is 5.47. The molecule has 1 aliphatic heterocycles. The lowest BCUT2D eigenvalue weighted by atomic mass is 9.93. The lowest BCUT2D eigenvalue weighted by Gasteiger charge is -2.42. The molecule has 0 bridgehead atoms. The van der Waals surface area contributed by atoms with E-state index >= 15 is 0 Å². The molecule has 28 heavy (non-hydrogen) atoms. The van der Waals surface area contributed by atoms with Gasteiger partial charge in [-0.3, -0.25) is 9.69 Å². The predicted octanol–water partition coefficient (Wildman–Crippen LogP) is 2.95. The largest absolute Gasteiger partial charge is 0.396 e. The number of rotatable bonds is 6. The number of halogens is 1. The van der Waals surface area contributed by atoms with Crippen LogP contribution in [0.15, 0.2) is 54.6 Å². The molecule has 1 atom stereocenters. The van der Waals surface area contributed by atoms with Crippen molar-refractivity contribution in [1.82, 2.24) is 9.80 Å². The first-order valence-corrected chi connectivity index (χ1v) is 10.1. The minimum atomic E-state index is -0.343. The molecule has 1 saturated carbocycles. The van der Waals surface area contributed by atoms with Crippen molar-refractivity contribution in [3.05, 3.63) is 71.5 Å². The molecular weight excluding hydrogens is 355 g/mol. The Balaban J connectivity index is 1.45. The van der Waals surface area contributed by atoms with E-state index in [1.54, 1.807) is 12.1 Å². The van der Waals surface area contributed by atoms with Crippen LogP contribution in [-0.2, 0) is 16.8 Å². The van der Waals surface area contributed by atoms with Crippen LogP contribution in [0.2, 0.25) is 0 Å². The number of amides is 1. The molecule has 4 nitrogen and oxygen atoms in total. The van der Waals surface area contributed by atoms with Gasteiger partial charge in [0.1, 0.15) is 5.82 Å². The van der Waals surface area contributed by atoms with Gasteiger partial charge in [0.2, 0.25) is 5.91 Å². The van der Waals surface area contributed by atoms with E-state index in [9.17, 15) is 14.3 Å². The van der Waals surface area contributed by atoms with E-state index in [-0.39, 0.29) is 29.8 Å². The molecule has 148 valence electrons. The van der Waals surface area contributed by atoms with Gasteiger partial charge in [-0.25, -0.2) is 4.39 Å². The number of carbonyl (C=O) groups excluding carboxylic acids is 1. The Morgan fingerprint density at radius 1 is 1.07 bits per heavy atom.